The van der Waals surface area contributed by atoms with Crippen LogP contribution in [-0.2, 0) is 9.36 Å². The van der Waals surface area contributed by atoms with Gasteiger partial charge in [-0.2, -0.15) is 0 Å². The second kappa shape index (κ2) is 7.69. The molecule has 0 heterocycles. The minimum atomic E-state index is -3.31. The van der Waals surface area contributed by atoms with Crippen LogP contribution in [0.1, 0.15) is 18.3 Å². The summed E-state index contributed by atoms with van der Waals surface area (Å²) in [6.45, 7) is 1.43. The van der Waals surface area contributed by atoms with Crippen molar-refractivity contribution >= 4 is 29.3 Å². The molecular weight excluding hydrogens is 345 g/mol. The lowest BCUT2D eigenvalue weighted by molar-refractivity contribution is -0.114. The summed E-state index contributed by atoms with van der Waals surface area (Å²) in [5.41, 5.74) is 1.16. The van der Waals surface area contributed by atoms with Gasteiger partial charge in [-0.3, -0.25) is 4.79 Å². The van der Waals surface area contributed by atoms with Gasteiger partial charge in [0.2, 0.25) is 5.91 Å². The highest BCUT2D eigenvalue weighted by molar-refractivity contribution is 7.78. The zero-order valence-corrected chi connectivity index (χ0v) is 15.3. The van der Waals surface area contributed by atoms with E-state index in [-0.39, 0.29) is 5.91 Å². The van der Waals surface area contributed by atoms with Crippen LogP contribution in [0.15, 0.2) is 84.9 Å². The molecular formula is C21H20NO3P. The van der Waals surface area contributed by atoms with Crippen LogP contribution >= 0.6 is 7.14 Å². The van der Waals surface area contributed by atoms with E-state index >= 15 is 0 Å². The van der Waals surface area contributed by atoms with E-state index in [2.05, 4.69) is 5.32 Å². The Balaban J connectivity index is 2.05. The van der Waals surface area contributed by atoms with Gasteiger partial charge < -0.3 is 15.0 Å². The van der Waals surface area contributed by atoms with E-state index in [0.717, 1.165) is 0 Å². The second-order valence-corrected chi connectivity index (χ2v) is 8.84. The largest absolute Gasteiger partial charge is 0.380 e. The van der Waals surface area contributed by atoms with Crippen LogP contribution in [0, 0.1) is 0 Å². The van der Waals surface area contributed by atoms with Crippen LogP contribution in [-0.4, -0.2) is 11.0 Å². The minimum Gasteiger partial charge on any atom is -0.380 e. The number of rotatable bonds is 5. The maximum atomic E-state index is 14.1. The van der Waals surface area contributed by atoms with E-state index < -0.39 is 13.0 Å². The molecule has 1 atom stereocenters. The summed E-state index contributed by atoms with van der Waals surface area (Å²) in [6, 6.07) is 24.9. The van der Waals surface area contributed by atoms with Crippen molar-refractivity contribution in [1.29, 1.82) is 0 Å². The smallest absolute Gasteiger partial charge is 0.221 e. The fraction of sp³-hybridized carbons (Fsp3) is 0.0952. The molecule has 3 rings (SSSR count). The van der Waals surface area contributed by atoms with Gasteiger partial charge >= 0.3 is 0 Å². The van der Waals surface area contributed by atoms with Crippen LogP contribution in [0.5, 0.6) is 0 Å². The average Bonchev–Trinajstić information content (AvgIpc) is 2.68. The number of benzene rings is 3. The molecule has 0 aliphatic carbocycles. The molecule has 0 unspecified atom stereocenters. The lowest BCUT2D eigenvalue weighted by Crippen LogP contribution is -2.21. The summed E-state index contributed by atoms with van der Waals surface area (Å²) in [6.07, 6.45) is 0. The van der Waals surface area contributed by atoms with Gasteiger partial charge in [0.15, 0.2) is 7.14 Å². The third-order valence-electron chi connectivity index (χ3n) is 4.15. The van der Waals surface area contributed by atoms with Crippen molar-refractivity contribution in [3.63, 3.8) is 0 Å². The monoisotopic (exact) mass is 365 g/mol. The molecule has 4 nitrogen and oxygen atoms in total. The number of carbonyl (C=O) groups excluding carboxylic acids is 1. The number of nitrogens with one attached hydrogen (secondary N) is 1. The number of aliphatic hydroxyl groups is 1. The molecule has 3 aromatic carbocycles. The van der Waals surface area contributed by atoms with Crippen molar-refractivity contribution in [2.75, 3.05) is 5.32 Å². The molecule has 5 heteroatoms. The predicted molar refractivity (Wildman–Crippen MR) is 105 cm³/mol. The molecule has 0 aliphatic rings. The van der Waals surface area contributed by atoms with Crippen molar-refractivity contribution in [3.8, 4) is 0 Å². The van der Waals surface area contributed by atoms with Gasteiger partial charge in [0.05, 0.1) is 0 Å². The van der Waals surface area contributed by atoms with E-state index in [1.165, 1.54) is 6.92 Å². The molecule has 1 amide bonds. The van der Waals surface area contributed by atoms with Crippen molar-refractivity contribution in [3.05, 3.63) is 90.5 Å². The van der Waals surface area contributed by atoms with Gasteiger partial charge in [-0.15, -0.1) is 0 Å². The van der Waals surface area contributed by atoms with E-state index in [9.17, 15) is 14.5 Å². The first-order chi connectivity index (χ1) is 12.5. The van der Waals surface area contributed by atoms with Gasteiger partial charge in [-0.25, -0.2) is 0 Å². The molecule has 0 bridgehead atoms. The van der Waals surface area contributed by atoms with Crippen LogP contribution in [0.3, 0.4) is 0 Å². The van der Waals surface area contributed by atoms with Crippen LogP contribution in [0.4, 0.5) is 5.69 Å². The standard InChI is InChI=1S/C21H20NO3P/c1-16(23)22-18-14-12-17(13-15-18)21(24)26(25,19-8-4-2-5-9-19)20-10-6-3-7-11-20/h2-15,21,24H,1H3,(H,22,23)/t21-/m0/s1. The Morgan fingerprint density at radius 3 is 1.73 bits per heavy atom. The van der Waals surface area contributed by atoms with E-state index in [1.54, 1.807) is 48.5 Å². The molecule has 0 saturated carbocycles. The third kappa shape index (κ3) is 3.62. The minimum absolute atomic E-state index is 0.169. The molecule has 0 spiro atoms. The van der Waals surface area contributed by atoms with Crippen molar-refractivity contribution in [2.45, 2.75) is 12.8 Å². The van der Waals surface area contributed by atoms with E-state index in [1.807, 2.05) is 36.4 Å². The van der Waals surface area contributed by atoms with Crippen molar-refractivity contribution < 1.29 is 14.5 Å². The highest BCUT2D eigenvalue weighted by Gasteiger charge is 2.36. The highest BCUT2D eigenvalue weighted by atomic mass is 31.2. The Bertz CT molecular complexity index is 881. The van der Waals surface area contributed by atoms with Gasteiger partial charge in [-0.05, 0) is 17.7 Å². The SMILES string of the molecule is CC(=O)Nc1ccc([C@@H](O)P(=O)(c2ccccc2)c2ccccc2)cc1. The summed E-state index contributed by atoms with van der Waals surface area (Å²) >= 11 is 0. The first kappa shape index (κ1) is 18.1. The molecule has 0 saturated heterocycles. The number of amides is 1. The quantitative estimate of drug-likeness (QED) is 0.679. The summed E-state index contributed by atoms with van der Waals surface area (Å²) < 4.78 is 14.1. The van der Waals surface area contributed by atoms with Gasteiger partial charge in [0.1, 0.15) is 5.85 Å². The number of aliphatic hydroxyl groups excluding tert-OH is 1. The molecule has 3 aromatic rings. The van der Waals surface area contributed by atoms with Gasteiger partial charge in [0, 0.05) is 23.2 Å². The summed E-state index contributed by atoms with van der Waals surface area (Å²) in [5.74, 6) is -1.35. The van der Waals surface area contributed by atoms with Crippen LogP contribution in [0.2, 0.25) is 0 Å². The van der Waals surface area contributed by atoms with Crippen molar-refractivity contribution in [2.24, 2.45) is 0 Å². The number of carbonyl (C=O) groups is 1. The number of anilines is 1. The normalized spacial score (nSPS) is 12.4. The van der Waals surface area contributed by atoms with Crippen molar-refractivity contribution in [1.82, 2.24) is 0 Å². The number of hydrogen-bond acceptors (Lipinski definition) is 3. The Morgan fingerprint density at radius 1 is 0.846 bits per heavy atom. The van der Waals surface area contributed by atoms with E-state index in [4.69, 9.17) is 0 Å². The Labute approximate surface area is 152 Å². The fourth-order valence-corrected chi connectivity index (χ4v) is 5.57. The Kier molecular flexibility index (Phi) is 5.36. The molecule has 0 aromatic heterocycles. The van der Waals surface area contributed by atoms with Crippen LogP contribution < -0.4 is 15.9 Å². The third-order valence-corrected chi connectivity index (χ3v) is 7.27. The fourth-order valence-electron chi connectivity index (χ4n) is 2.88. The summed E-state index contributed by atoms with van der Waals surface area (Å²) in [4.78, 5) is 11.2. The topological polar surface area (TPSA) is 66.4 Å². The first-order valence-corrected chi connectivity index (χ1v) is 10.1. The lowest BCUT2D eigenvalue weighted by Gasteiger charge is -2.25. The lowest BCUT2D eigenvalue weighted by atomic mass is 10.2. The zero-order chi connectivity index (χ0) is 18.6. The molecule has 26 heavy (non-hydrogen) atoms. The first-order valence-electron chi connectivity index (χ1n) is 8.28. The second-order valence-electron chi connectivity index (χ2n) is 6.01. The number of hydrogen-bond donors (Lipinski definition) is 2. The maximum Gasteiger partial charge on any atom is 0.221 e. The molecule has 2 N–H and O–H groups in total. The summed E-state index contributed by atoms with van der Waals surface area (Å²) in [7, 11) is -3.31. The highest BCUT2D eigenvalue weighted by Crippen LogP contribution is 2.55. The molecule has 0 fully saturated rings. The molecule has 0 radical (unpaired) electrons. The maximum absolute atomic E-state index is 14.1. The van der Waals surface area contributed by atoms with Gasteiger partial charge in [0.25, 0.3) is 0 Å². The Hall–Kier alpha value is -2.68. The van der Waals surface area contributed by atoms with Gasteiger partial charge in [-0.1, -0.05) is 72.8 Å². The predicted octanol–water partition coefficient (Wildman–Crippen LogP) is 3.65. The summed E-state index contributed by atoms with van der Waals surface area (Å²) in [5, 5.41) is 15.0. The zero-order valence-electron chi connectivity index (χ0n) is 14.4. The Morgan fingerprint density at radius 2 is 1.31 bits per heavy atom. The van der Waals surface area contributed by atoms with E-state index in [0.29, 0.717) is 21.9 Å². The average molecular weight is 365 g/mol. The molecule has 132 valence electrons. The van der Waals surface area contributed by atoms with Crippen LogP contribution in [0.25, 0.3) is 0 Å². The molecule has 0 aliphatic heterocycles.